The average molecular weight is 316 g/mol. The maximum Gasteiger partial charge on any atom is 0.223 e. The standard InChI is InChI=1S/C12H20N4O4S/c1-13-4-2-12(17)15-5-7-16(8-6-15)21(18,19)10-11-3-9-20-14-11/h3,9,13H,2,4-8,10H2,1H3. The normalized spacial score (nSPS) is 17.1. The van der Waals surface area contributed by atoms with Crippen molar-refractivity contribution < 1.29 is 17.7 Å². The van der Waals surface area contributed by atoms with Gasteiger partial charge < -0.3 is 14.7 Å². The van der Waals surface area contributed by atoms with E-state index in [0.29, 0.717) is 44.8 Å². The summed E-state index contributed by atoms with van der Waals surface area (Å²) >= 11 is 0. The quantitative estimate of drug-likeness (QED) is 0.742. The van der Waals surface area contributed by atoms with E-state index in [1.54, 1.807) is 11.9 Å². The molecule has 0 bridgehead atoms. The largest absolute Gasteiger partial charge is 0.364 e. The summed E-state index contributed by atoms with van der Waals surface area (Å²) in [5, 5.41) is 6.55. The molecule has 1 aromatic heterocycles. The first-order chi connectivity index (χ1) is 10.0. The third-order valence-electron chi connectivity index (χ3n) is 3.40. The number of nitrogens with one attached hydrogen (secondary N) is 1. The SMILES string of the molecule is CNCCC(=O)N1CCN(S(=O)(=O)Cc2ccon2)CC1. The molecule has 1 fully saturated rings. The molecule has 0 radical (unpaired) electrons. The molecule has 2 rings (SSSR count). The first-order valence-electron chi connectivity index (χ1n) is 6.82. The highest BCUT2D eigenvalue weighted by Gasteiger charge is 2.29. The van der Waals surface area contributed by atoms with Gasteiger partial charge >= 0.3 is 0 Å². The molecule has 0 unspecified atom stereocenters. The van der Waals surface area contributed by atoms with Crippen molar-refractivity contribution in [3.05, 3.63) is 18.0 Å². The topological polar surface area (TPSA) is 95.8 Å². The second-order valence-electron chi connectivity index (χ2n) is 4.88. The summed E-state index contributed by atoms with van der Waals surface area (Å²) in [5.74, 6) is -0.116. The van der Waals surface area contributed by atoms with E-state index >= 15 is 0 Å². The monoisotopic (exact) mass is 316 g/mol. The number of carbonyl (C=O) groups is 1. The van der Waals surface area contributed by atoms with E-state index in [1.807, 2.05) is 0 Å². The lowest BCUT2D eigenvalue weighted by Crippen LogP contribution is -2.51. The van der Waals surface area contributed by atoms with Gasteiger partial charge in [-0.25, -0.2) is 8.42 Å². The van der Waals surface area contributed by atoms with E-state index in [9.17, 15) is 13.2 Å². The lowest BCUT2D eigenvalue weighted by molar-refractivity contribution is -0.132. The lowest BCUT2D eigenvalue weighted by Gasteiger charge is -2.34. The van der Waals surface area contributed by atoms with Crippen LogP contribution in [0.4, 0.5) is 0 Å². The summed E-state index contributed by atoms with van der Waals surface area (Å²) in [6, 6.07) is 1.54. The van der Waals surface area contributed by atoms with E-state index in [0.717, 1.165) is 0 Å². The third-order valence-corrected chi connectivity index (χ3v) is 5.21. The number of rotatable bonds is 6. The fraction of sp³-hybridized carbons (Fsp3) is 0.667. The van der Waals surface area contributed by atoms with Crippen LogP contribution in [0, 0.1) is 0 Å². The first kappa shape index (κ1) is 15.9. The molecule has 1 N–H and O–H groups in total. The summed E-state index contributed by atoms with van der Waals surface area (Å²) < 4.78 is 30.5. The molecule has 0 atom stereocenters. The maximum atomic E-state index is 12.2. The molecule has 1 aliphatic heterocycles. The fourth-order valence-electron chi connectivity index (χ4n) is 2.20. The molecule has 1 aromatic rings. The van der Waals surface area contributed by atoms with E-state index in [-0.39, 0.29) is 11.7 Å². The van der Waals surface area contributed by atoms with Gasteiger partial charge in [-0.1, -0.05) is 5.16 Å². The Morgan fingerprint density at radius 3 is 2.67 bits per heavy atom. The molecule has 21 heavy (non-hydrogen) atoms. The molecule has 0 saturated carbocycles. The number of aromatic nitrogens is 1. The summed E-state index contributed by atoms with van der Waals surface area (Å²) in [5.41, 5.74) is 0.391. The molecular weight excluding hydrogens is 296 g/mol. The molecule has 2 heterocycles. The predicted molar refractivity (Wildman–Crippen MR) is 75.8 cm³/mol. The minimum Gasteiger partial charge on any atom is -0.364 e. The number of hydrogen-bond acceptors (Lipinski definition) is 6. The van der Waals surface area contributed by atoms with Crippen molar-refractivity contribution in [1.82, 2.24) is 19.7 Å². The minimum absolute atomic E-state index is 0.0536. The van der Waals surface area contributed by atoms with Gasteiger partial charge in [-0.3, -0.25) is 4.79 Å². The Morgan fingerprint density at radius 1 is 1.38 bits per heavy atom. The van der Waals surface area contributed by atoms with E-state index < -0.39 is 10.0 Å². The molecule has 1 amide bonds. The first-order valence-corrected chi connectivity index (χ1v) is 8.43. The van der Waals surface area contributed by atoms with Crippen LogP contribution in [0.5, 0.6) is 0 Å². The van der Waals surface area contributed by atoms with Crippen molar-refractivity contribution in [2.75, 3.05) is 39.8 Å². The maximum absolute atomic E-state index is 12.2. The minimum atomic E-state index is -3.41. The predicted octanol–water partition coefficient (Wildman–Crippen LogP) is -0.742. The molecular formula is C12H20N4O4S. The van der Waals surface area contributed by atoms with Crippen molar-refractivity contribution in [2.24, 2.45) is 0 Å². The Morgan fingerprint density at radius 2 is 2.10 bits per heavy atom. The highest BCUT2D eigenvalue weighted by Crippen LogP contribution is 2.13. The van der Waals surface area contributed by atoms with Gasteiger partial charge in [0.25, 0.3) is 0 Å². The molecule has 9 heteroatoms. The van der Waals surface area contributed by atoms with Crippen molar-refractivity contribution in [2.45, 2.75) is 12.2 Å². The molecule has 1 aliphatic rings. The Kier molecular flexibility index (Phi) is 5.32. The van der Waals surface area contributed by atoms with Crippen LogP contribution in [-0.4, -0.2) is 68.5 Å². The van der Waals surface area contributed by atoms with E-state index in [2.05, 4.69) is 15.0 Å². The molecule has 0 aromatic carbocycles. The third kappa shape index (κ3) is 4.26. The highest BCUT2D eigenvalue weighted by molar-refractivity contribution is 7.88. The zero-order valence-electron chi connectivity index (χ0n) is 12.0. The molecule has 1 saturated heterocycles. The summed E-state index contributed by atoms with van der Waals surface area (Å²) in [4.78, 5) is 13.6. The van der Waals surface area contributed by atoms with Crippen molar-refractivity contribution in [3.63, 3.8) is 0 Å². The number of nitrogens with zero attached hydrogens (tertiary/aromatic N) is 3. The summed E-state index contributed by atoms with van der Waals surface area (Å²) in [7, 11) is -1.62. The Bertz CT molecular complexity index is 550. The van der Waals surface area contributed by atoms with Gasteiger partial charge in [0.1, 0.15) is 12.0 Å². The average Bonchev–Trinajstić information content (AvgIpc) is 2.97. The number of piperazine rings is 1. The van der Waals surface area contributed by atoms with Crippen LogP contribution in [-0.2, 0) is 20.6 Å². The smallest absolute Gasteiger partial charge is 0.223 e. The molecule has 0 spiro atoms. The Balaban J connectivity index is 1.87. The van der Waals surface area contributed by atoms with Crippen LogP contribution < -0.4 is 5.32 Å². The van der Waals surface area contributed by atoms with Gasteiger partial charge in [0.05, 0.1) is 5.69 Å². The fourth-order valence-corrected chi connectivity index (χ4v) is 3.62. The van der Waals surface area contributed by atoms with Crippen LogP contribution in [0.25, 0.3) is 0 Å². The van der Waals surface area contributed by atoms with Crippen LogP contribution in [0.15, 0.2) is 16.9 Å². The lowest BCUT2D eigenvalue weighted by atomic mass is 10.3. The van der Waals surface area contributed by atoms with Crippen LogP contribution in [0.1, 0.15) is 12.1 Å². The number of amides is 1. The van der Waals surface area contributed by atoms with Gasteiger partial charge in [0, 0.05) is 45.2 Å². The number of hydrogen-bond donors (Lipinski definition) is 1. The zero-order valence-corrected chi connectivity index (χ0v) is 12.8. The molecule has 0 aliphatic carbocycles. The Labute approximate surface area is 124 Å². The van der Waals surface area contributed by atoms with Crippen LogP contribution in [0.2, 0.25) is 0 Å². The Hall–Kier alpha value is -1.45. The van der Waals surface area contributed by atoms with Gasteiger partial charge in [-0.15, -0.1) is 0 Å². The number of carbonyl (C=O) groups excluding carboxylic acids is 1. The van der Waals surface area contributed by atoms with Crippen molar-refractivity contribution in [1.29, 1.82) is 0 Å². The number of sulfonamides is 1. The van der Waals surface area contributed by atoms with Crippen LogP contribution >= 0.6 is 0 Å². The highest BCUT2D eigenvalue weighted by atomic mass is 32.2. The summed E-state index contributed by atoms with van der Waals surface area (Å²) in [6.07, 6.45) is 1.78. The van der Waals surface area contributed by atoms with Gasteiger partial charge in [0.2, 0.25) is 15.9 Å². The van der Waals surface area contributed by atoms with Crippen molar-refractivity contribution >= 4 is 15.9 Å². The van der Waals surface area contributed by atoms with E-state index in [1.165, 1.54) is 16.6 Å². The second-order valence-corrected chi connectivity index (χ2v) is 6.85. The zero-order chi connectivity index (χ0) is 15.3. The molecule has 118 valence electrons. The second kappa shape index (κ2) is 7.01. The van der Waals surface area contributed by atoms with Gasteiger partial charge in [-0.05, 0) is 7.05 Å². The van der Waals surface area contributed by atoms with Crippen LogP contribution in [0.3, 0.4) is 0 Å². The van der Waals surface area contributed by atoms with E-state index in [4.69, 9.17) is 0 Å². The molecule has 8 nitrogen and oxygen atoms in total. The summed E-state index contributed by atoms with van der Waals surface area (Å²) in [6.45, 7) is 2.14. The van der Waals surface area contributed by atoms with Gasteiger partial charge in [0.15, 0.2) is 0 Å². The van der Waals surface area contributed by atoms with Crippen molar-refractivity contribution in [3.8, 4) is 0 Å². The van der Waals surface area contributed by atoms with Gasteiger partial charge in [-0.2, -0.15) is 4.31 Å².